The third-order valence-electron chi connectivity index (χ3n) is 4.27. The number of aromatic nitrogens is 2. The molecule has 7 nitrogen and oxygen atoms in total. The number of methoxy groups -OCH3 is 1. The summed E-state index contributed by atoms with van der Waals surface area (Å²) in [4.78, 5) is 8.82. The van der Waals surface area contributed by atoms with Gasteiger partial charge in [0.15, 0.2) is 9.84 Å². The molecule has 140 valence electrons. The van der Waals surface area contributed by atoms with Crippen LogP contribution in [0.1, 0.15) is 17.7 Å². The van der Waals surface area contributed by atoms with Crippen molar-refractivity contribution in [1.82, 2.24) is 9.97 Å². The number of ether oxygens (including phenoxy) is 1. The van der Waals surface area contributed by atoms with Gasteiger partial charge in [-0.2, -0.15) is 4.98 Å². The van der Waals surface area contributed by atoms with Crippen LogP contribution in [0.4, 0.5) is 11.8 Å². The normalized spacial score (nSPS) is 18.5. The van der Waals surface area contributed by atoms with Gasteiger partial charge in [-0.05, 0) is 37.5 Å². The molecule has 1 unspecified atom stereocenters. The van der Waals surface area contributed by atoms with E-state index in [-0.39, 0.29) is 17.5 Å². The molecule has 2 aromatic rings. The number of anilines is 2. The van der Waals surface area contributed by atoms with Gasteiger partial charge in [0, 0.05) is 24.3 Å². The summed E-state index contributed by atoms with van der Waals surface area (Å²) in [5.41, 5.74) is 2.00. The minimum atomic E-state index is -2.93. The average molecular weight is 376 g/mol. The molecular formula is C18H24N4O3S. The molecule has 0 saturated carbocycles. The highest BCUT2D eigenvalue weighted by Gasteiger charge is 2.28. The molecule has 0 aliphatic carbocycles. The molecule has 0 radical (unpaired) electrons. The Labute approximate surface area is 154 Å². The number of nitrogens with zero attached hydrogens (tertiary/aromatic N) is 2. The summed E-state index contributed by atoms with van der Waals surface area (Å²) >= 11 is 0. The lowest BCUT2D eigenvalue weighted by Crippen LogP contribution is -2.22. The van der Waals surface area contributed by atoms with Crippen molar-refractivity contribution in [2.75, 3.05) is 35.8 Å². The van der Waals surface area contributed by atoms with Crippen LogP contribution in [0.15, 0.2) is 30.3 Å². The highest BCUT2D eigenvalue weighted by atomic mass is 32.2. The zero-order valence-electron chi connectivity index (χ0n) is 15.0. The molecule has 1 aliphatic heterocycles. The van der Waals surface area contributed by atoms with Crippen molar-refractivity contribution in [3.8, 4) is 5.75 Å². The lowest BCUT2D eigenvalue weighted by atomic mass is 10.1. The van der Waals surface area contributed by atoms with Gasteiger partial charge in [-0.1, -0.05) is 12.1 Å². The van der Waals surface area contributed by atoms with Crippen LogP contribution >= 0.6 is 0 Å². The highest BCUT2D eigenvalue weighted by molar-refractivity contribution is 7.91. The van der Waals surface area contributed by atoms with E-state index in [4.69, 9.17) is 4.74 Å². The fraction of sp³-hybridized carbons (Fsp3) is 0.444. The van der Waals surface area contributed by atoms with Crippen molar-refractivity contribution >= 4 is 21.6 Å². The van der Waals surface area contributed by atoms with Gasteiger partial charge in [0.2, 0.25) is 5.95 Å². The van der Waals surface area contributed by atoms with Crippen LogP contribution in [-0.2, 0) is 16.3 Å². The number of rotatable bonds is 7. The predicted octanol–water partition coefficient (Wildman–Crippen LogP) is 2.05. The minimum Gasteiger partial charge on any atom is -0.497 e. The summed E-state index contributed by atoms with van der Waals surface area (Å²) in [7, 11) is -1.27. The SMILES string of the molecule is COc1cccc(CCNc2cc(C)nc(NC3CCS(=O)(=O)C3)n2)c1. The zero-order chi connectivity index (χ0) is 18.6. The maximum Gasteiger partial charge on any atom is 0.225 e. The Balaban J connectivity index is 1.58. The van der Waals surface area contributed by atoms with Crippen LogP contribution < -0.4 is 15.4 Å². The first-order chi connectivity index (χ1) is 12.4. The second kappa shape index (κ2) is 7.90. The first-order valence-corrected chi connectivity index (χ1v) is 10.4. The first kappa shape index (κ1) is 18.4. The summed E-state index contributed by atoms with van der Waals surface area (Å²) in [5, 5.41) is 6.45. The second-order valence-electron chi connectivity index (χ2n) is 6.49. The van der Waals surface area contributed by atoms with Crippen molar-refractivity contribution in [2.45, 2.75) is 25.8 Å². The summed E-state index contributed by atoms with van der Waals surface area (Å²) in [6.07, 6.45) is 1.43. The third kappa shape index (κ3) is 5.08. The number of nitrogens with one attached hydrogen (secondary N) is 2. The fourth-order valence-electron chi connectivity index (χ4n) is 2.98. The molecule has 1 atom stereocenters. The molecule has 26 heavy (non-hydrogen) atoms. The van der Waals surface area contributed by atoms with Gasteiger partial charge < -0.3 is 15.4 Å². The van der Waals surface area contributed by atoms with Crippen LogP contribution in [0, 0.1) is 6.92 Å². The molecule has 2 N–H and O–H groups in total. The number of hydrogen-bond acceptors (Lipinski definition) is 7. The van der Waals surface area contributed by atoms with Gasteiger partial charge in [-0.15, -0.1) is 0 Å². The molecule has 0 spiro atoms. The maximum absolute atomic E-state index is 11.6. The standard InChI is InChI=1S/C18H24N4O3S/c1-13-10-17(19-8-6-14-4-3-5-16(11-14)25-2)22-18(20-13)21-15-7-9-26(23,24)12-15/h3-5,10-11,15H,6-9,12H2,1-2H3,(H2,19,20,21,22). The van der Waals surface area contributed by atoms with Crippen molar-refractivity contribution in [2.24, 2.45) is 0 Å². The second-order valence-corrected chi connectivity index (χ2v) is 8.72. The lowest BCUT2D eigenvalue weighted by molar-refractivity contribution is 0.414. The van der Waals surface area contributed by atoms with Crippen molar-refractivity contribution in [3.05, 3.63) is 41.6 Å². The van der Waals surface area contributed by atoms with E-state index in [9.17, 15) is 8.42 Å². The molecular weight excluding hydrogens is 352 g/mol. The minimum absolute atomic E-state index is 0.119. The van der Waals surface area contributed by atoms with E-state index < -0.39 is 9.84 Å². The first-order valence-electron chi connectivity index (χ1n) is 8.63. The largest absolute Gasteiger partial charge is 0.497 e. The van der Waals surface area contributed by atoms with E-state index in [1.54, 1.807) is 7.11 Å². The Morgan fingerprint density at radius 3 is 2.85 bits per heavy atom. The van der Waals surface area contributed by atoms with Crippen LogP contribution in [0.2, 0.25) is 0 Å². The topological polar surface area (TPSA) is 93.2 Å². The zero-order valence-corrected chi connectivity index (χ0v) is 15.8. The van der Waals surface area contributed by atoms with Gasteiger partial charge >= 0.3 is 0 Å². The van der Waals surface area contributed by atoms with Crippen molar-refractivity contribution in [1.29, 1.82) is 0 Å². The van der Waals surface area contributed by atoms with Gasteiger partial charge in [-0.3, -0.25) is 0 Å². The Morgan fingerprint density at radius 2 is 2.12 bits per heavy atom. The summed E-state index contributed by atoms with van der Waals surface area (Å²) in [5.74, 6) is 2.41. The van der Waals surface area contributed by atoms with E-state index in [0.29, 0.717) is 12.4 Å². The molecule has 1 saturated heterocycles. The van der Waals surface area contributed by atoms with Gasteiger partial charge in [-0.25, -0.2) is 13.4 Å². The Hall–Kier alpha value is -2.35. The molecule has 0 amide bonds. The smallest absolute Gasteiger partial charge is 0.225 e. The van der Waals surface area contributed by atoms with Gasteiger partial charge in [0.05, 0.1) is 18.6 Å². The Morgan fingerprint density at radius 1 is 1.27 bits per heavy atom. The number of aryl methyl sites for hydroxylation is 1. The van der Waals surface area contributed by atoms with Crippen LogP contribution in [0.5, 0.6) is 5.75 Å². The molecule has 1 aromatic heterocycles. The van der Waals surface area contributed by atoms with Crippen LogP contribution in [-0.4, -0.2) is 49.6 Å². The van der Waals surface area contributed by atoms with E-state index in [2.05, 4.69) is 26.7 Å². The predicted molar refractivity (Wildman–Crippen MR) is 103 cm³/mol. The quantitative estimate of drug-likeness (QED) is 0.764. The third-order valence-corrected chi connectivity index (χ3v) is 6.04. The highest BCUT2D eigenvalue weighted by Crippen LogP contribution is 2.17. The van der Waals surface area contributed by atoms with E-state index >= 15 is 0 Å². The number of hydrogen-bond donors (Lipinski definition) is 2. The maximum atomic E-state index is 11.6. The Bertz CT molecular complexity index is 870. The molecule has 0 bridgehead atoms. The van der Waals surface area contributed by atoms with Crippen LogP contribution in [0.25, 0.3) is 0 Å². The molecule has 8 heteroatoms. The van der Waals surface area contributed by atoms with Crippen molar-refractivity contribution < 1.29 is 13.2 Å². The molecule has 1 fully saturated rings. The van der Waals surface area contributed by atoms with E-state index in [1.807, 2.05) is 31.2 Å². The summed E-state index contributed by atoms with van der Waals surface area (Å²) in [6.45, 7) is 2.62. The van der Waals surface area contributed by atoms with Crippen molar-refractivity contribution in [3.63, 3.8) is 0 Å². The number of benzene rings is 1. The molecule has 1 aromatic carbocycles. The molecule has 2 heterocycles. The van der Waals surface area contributed by atoms with E-state index in [1.165, 1.54) is 5.56 Å². The number of sulfone groups is 1. The Kier molecular flexibility index (Phi) is 5.61. The lowest BCUT2D eigenvalue weighted by Gasteiger charge is -2.13. The molecule has 1 aliphatic rings. The summed E-state index contributed by atoms with van der Waals surface area (Å²) in [6, 6.07) is 9.73. The monoisotopic (exact) mass is 376 g/mol. The van der Waals surface area contributed by atoms with E-state index in [0.717, 1.165) is 30.2 Å². The van der Waals surface area contributed by atoms with Gasteiger partial charge in [0.1, 0.15) is 11.6 Å². The van der Waals surface area contributed by atoms with Gasteiger partial charge in [0.25, 0.3) is 0 Å². The molecule has 3 rings (SSSR count). The summed E-state index contributed by atoms with van der Waals surface area (Å²) < 4.78 is 28.4. The average Bonchev–Trinajstić information content (AvgIpc) is 2.93. The fourth-order valence-corrected chi connectivity index (χ4v) is 4.65. The van der Waals surface area contributed by atoms with Crippen LogP contribution in [0.3, 0.4) is 0 Å².